The Hall–Kier alpha value is -2.52. The fourth-order valence-electron chi connectivity index (χ4n) is 2.64. The predicted molar refractivity (Wildman–Crippen MR) is 100 cm³/mol. The Bertz CT molecular complexity index is 756. The number of aryl methyl sites for hydroxylation is 1. The Labute approximate surface area is 146 Å². The van der Waals surface area contributed by atoms with Crippen LogP contribution in [0.1, 0.15) is 17.7 Å². The second-order valence-electron chi connectivity index (χ2n) is 5.66. The molecule has 0 aliphatic rings. The molecular weight excluding hydrogens is 316 g/mol. The molecule has 3 aromatic rings. The van der Waals surface area contributed by atoms with Gasteiger partial charge in [0, 0.05) is 30.5 Å². The van der Waals surface area contributed by atoms with Gasteiger partial charge in [-0.25, -0.2) is 0 Å². The van der Waals surface area contributed by atoms with Crippen LogP contribution in [0.2, 0.25) is 0 Å². The zero-order valence-corrected chi connectivity index (χ0v) is 14.1. The van der Waals surface area contributed by atoms with Gasteiger partial charge in [0.15, 0.2) is 0 Å². The van der Waals surface area contributed by atoms with Gasteiger partial charge in [-0.05, 0) is 29.7 Å². The van der Waals surface area contributed by atoms with Crippen LogP contribution in [-0.2, 0) is 11.2 Å². The Kier molecular flexibility index (Phi) is 5.34. The first-order valence-electron chi connectivity index (χ1n) is 8.02. The molecule has 2 aromatic carbocycles. The standard InChI is InChI=1S/C21H18O2S/c22-21(23)13-7-12-19-14-18(16-8-3-1-4-9-16)15-20(24-19)17-10-5-2-6-11-17/h1-6,8-11,14-15H,7,12-13H2/p+1. The molecule has 0 bridgehead atoms. The molecule has 1 N–H and O–H groups in total. The molecule has 0 saturated carbocycles. The smallest absolute Gasteiger partial charge is 0.303 e. The van der Waals surface area contributed by atoms with Crippen molar-refractivity contribution in [3.63, 3.8) is 0 Å². The van der Waals surface area contributed by atoms with E-state index in [1.54, 1.807) is 11.3 Å². The number of aliphatic carboxylic acids is 1. The highest BCUT2D eigenvalue weighted by atomic mass is 32.1. The fourth-order valence-corrected chi connectivity index (χ4v) is 3.79. The summed E-state index contributed by atoms with van der Waals surface area (Å²) in [6.45, 7) is 0. The van der Waals surface area contributed by atoms with Crippen molar-refractivity contribution in [1.29, 1.82) is 0 Å². The number of carboxylic acid groups (broad SMARTS) is 1. The van der Waals surface area contributed by atoms with E-state index in [9.17, 15) is 4.79 Å². The average molecular weight is 335 g/mol. The Balaban J connectivity index is 1.98. The van der Waals surface area contributed by atoms with Crippen LogP contribution in [0.5, 0.6) is 0 Å². The maximum atomic E-state index is 10.8. The average Bonchev–Trinajstić information content (AvgIpc) is 2.63. The quantitative estimate of drug-likeness (QED) is 0.581. The fraction of sp³-hybridized carbons (Fsp3) is 0.143. The first-order chi connectivity index (χ1) is 11.7. The van der Waals surface area contributed by atoms with E-state index >= 15 is 0 Å². The number of hydrogen-bond acceptors (Lipinski definition) is 1. The van der Waals surface area contributed by atoms with Crippen molar-refractivity contribution >= 4 is 17.3 Å². The van der Waals surface area contributed by atoms with Crippen LogP contribution in [0.3, 0.4) is 0 Å². The normalized spacial score (nSPS) is 10.5. The van der Waals surface area contributed by atoms with Crippen molar-refractivity contribution in [2.24, 2.45) is 0 Å². The highest BCUT2D eigenvalue weighted by molar-refractivity contribution is 7.15. The SMILES string of the molecule is O=C(O)CCCc1cc(-c2ccccc2)cc(-c2ccccc2)[s+]1. The molecule has 0 aliphatic heterocycles. The molecular formula is C21H19O2S+. The molecule has 3 heteroatoms. The van der Waals surface area contributed by atoms with E-state index in [0.29, 0.717) is 6.42 Å². The summed E-state index contributed by atoms with van der Waals surface area (Å²) in [5, 5.41) is 8.86. The van der Waals surface area contributed by atoms with Crippen LogP contribution in [0.25, 0.3) is 21.6 Å². The maximum Gasteiger partial charge on any atom is 0.303 e. The number of hydrogen-bond donors (Lipinski definition) is 1. The van der Waals surface area contributed by atoms with Crippen molar-refractivity contribution in [3.8, 4) is 21.6 Å². The lowest BCUT2D eigenvalue weighted by Crippen LogP contribution is -1.95. The van der Waals surface area contributed by atoms with Crippen LogP contribution in [0.4, 0.5) is 0 Å². The molecule has 0 spiro atoms. The van der Waals surface area contributed by atoms with Crippen molar-refractivity contribution in [2.75, 3.05) is 0 Å². The minimum absolute atomic E-state index is 0.211. The summed E-state index contributed by atoms with van der Waals surface area (Å²) in [4.78, 5) is 13.2. The molecule has 24 heavy (non-hydrogen) atoms. The van der Waals surface area contributed by atoms with Gasteiger partial charge in [0.2, 0.25) is 21.1 Å². The third kappa shape index (κ3) is 4.27. The molecule has 0 radical (unpaired) electrons. The molecule has 0 saturated heterocycles. The van der Waals surface area contributed by atoms with Crippen molar-refractivity contribution < 1.29 is 9.90 Å². The Morgan fingerprint density at radius 3 is 2.08 bits per heavy atom. The lowest BCUT2D eigenvalue weighted by molar-refractivity contribution is -0.137. The van der Waals surface area contributed by atoms with Gasteiger partial charge in [-0.2, -0.15) is 0 Å². The lowest BCUT2D eigenvalue weighted by Gasteiger charge is -2.02. The highest BCUT2D eigenvalue weighted by Gasteiger charge is 2.17. The zero-order chi connectivity index (χ0) is 16.8. The number of benzene rings is 2. The Morgan fingerprint density at radius 2 is 1.46 bits per heavy atom. The predicted octanol–water partition coefficient (Wildman–Crippen LogP) is 5.77. The van der Waals surface area contributed by atoms with Crippen LogP contribution >= 0.6 is 11.3 Å². The van der Waals surface area contributed by atoms with Gasteiger partial charge < -0.3 is 5.11 Å². The van der Waals surface area contributed by atoms with E-state index < -0.39 is 5.97 Å². The van der Waals surface area contributed by atoms with E-state index in [1.807, 2.05) is 36.4 Å². The molecule has 1 heterocycles. The van der Waals surface area contributed by atoms with Crippen molar-refractivity contribution in [3.05, 3.63) is 77.7 Å². The molecule has 1 aromatic heterocycles. The van der Waals surface area contributed by atoms with E-state index in [4.69, 9.17) is 5.11 Å². The summed E-state index contributed by atoms with van der Waals surface area (Å²) in [5.74, 6) is -0.734. The van der Waals surface area contributed by atoms with E-state index in [2.05, 4.69) is 36.4 Å². The molecule has 2 nitrogen and oxygen atoms in total. The van der Waals surface area contributed by atoms with Gasteiger partial charge in [0.05, 0.1) is 0 Å². The van der Waals surface area contributed by atoms with Gasteiger partial charge in [0.25, 0.3) is 0 Å². The molecule has 0 unspecified atom stereocenters. The summed E-state index contributed by atoms with van der Waals surface area (Å²) < 4.78 is 0. The van der Waals surface area contributed by atoms with Gasteiger partial charge in [-0.3, -0.25) is 4.79 Å². The van der Waals surface area contributed by atoms with Crippen LogP contribution < -0.4 is 0 Å². The van der Waals surface area contributed by atoms with Crippen molar-refractivity contribution in [1.82, 2.24) is 0 Å². The summed E-state index contributed by atoms with van der Waals surface area (Å²) in [6, 6.07) is 25.0. The first-order valence-corrected chi connectivity index (χ1v) is 8.84. The summed E-state index contributed by atoms with van der Waals surface area (Å²) in [7, 11) is 0. The topological polar surface area (TPSA) is 37.3 Å². The number of rotatable bonds is 6. The van der Waals surface area contributed by atoms with Crippen LogP contribution in [0.15, 0.2) is 72.8 Å². The second-order valence-corrected chi connectivity index (χ2v) is 6.82. The largest absolute Gasteiger partial charge is 0.481 e. The van der Waals surface area contributed by atoms with E-state index in [0.717, 1.165) is 6.42 Å². The van der Waals surface area contributed by atoms with E-state index in [-0.39, 0.29) is 6.42 Å². The van der Waals surface area contributed by atoms with E-state index in [1.165, 1.54) is 26.4 Å². The molecule has 120 valence electrons. The molecule has 0 fully saturated rings. The Morgan fingerprint density at radius 1 is 0.833 bits per heavy atom. The minimum Gasteiger partial charge on any atom is -0.481 e. The third-order valence-electron chi connectivity index (χ3n) is 3.82. The second kappa shape index (κ2) is 7.84. The van der Waals surface area contributed by atoms with Gasteiger partial charge in [-0.15, -0.1) is 0 Å². The monoisotopic (exact) mass is 335 g/mol. The summed E-state index contributed by atoms with van der Waals surface area (Å²) >= 11 is 1.74. The zero-order valence-electron chi connectivity index (χ0n) is 13.3. The lowest BCUT2D eigenvalue weighted by atomic mass is 10.0. The van der Waals surface area contributed by atoms with Crippen LogP contribution in [0, 0.1) is 0 Å². The summed E-state index contributed by atoms with van der Waals surface area (Å²) in [6.07, 6.45) is 1.67. The number of carboxylic acids is 1. The summed E-state index contributed by atoms with van der Waals surface area (Å²) in [5.41, 5.74) is 3.56. The molecule has 0 aliphatic carbocycles. The number of carbonyl (C=O) groups is 1. The van der Waals surface area contributed by atoms with Gasteiger partial charge in [0.1, 0.15) is 0 Å². The highest BCUT2D eigenvalue weighted by Crippen LogP contribution is 2.33. The minimum atomic E-state index is -0.734. The maximum absolute atomic E-state index is 10.8. The van der Waals surface area contributed by atoms with Crippen molar-refractivity contribution in [2.45, 2.75) is 19.3 Å². The third-order valence-corrected chi connectivity index (χ3v) is 4.98. The molecule has 0 atom stereocenters. The molecule has 3 rings (SSSR count). The molecule has 0 amide bonds. The van der Waals surface area contributed by atoms with Crippen LogP contribution in [-0.4, -0.2) is 11.1 Å². The first kappa shape index (κ1) is 16.3. The van der Waals surface area contributed by atoms with Gasteiger partial charge >= 0.3 is 5.97 Å². The van der Waals surface area contributed by atoms with Gasteiger partial charge in [-0.1, -0.05) is 48.5 Å².